The topological polar surface area (TPSA) is 38.4 Å². The smallest absolute Gasteiger partial charge is 0.131 e. The van der Waals surface area contributed by atoms with Crippen LogP contribution in [-0.4, -0.2) is 5.84 Å². The van der Waals surface area contributed by atoms with E-state index in [1.54, 1.807) is 0 Å². The Hall–Kier alpha value is -2.35. The fourth-order valence-corrected chi connectivity index (χ4v) is 2.37. The first-order chi connectivity index (χ1) is 10.9. The molecule has 0 bridgehead atoms. The summed E-state index contributed by atoms with van der Waals surface area (Å²) in [6.07, 6.45) is 0. The van der Waals surface area contributed by atoms with Gasteiger partial charge >= 0.3 is 0 Å². The molecule has 0 aromatic heterocycles. The molecule has 2 nitrogen and oxygen atoms in total. The van der Waals surface area contributed by atoms with Crippen molar-refractivity contribution >= 4 is 11.5 Å². The van der Waals surface area contributed by atoms with E-state index >= 15 is 0 Å². The first-order valence-corrected chi connectivity index (χ1v) is 8.12. The molecule has 0 radical (unpaired) electrons. The Morgan fingerprint density at radius 3 is 1.57 bits per heavy atom. The number of aliphatic imine (C=N–C) groups is 1. The second-order valence-corrected chi connectivity index (χ2v) is 6.50. The Labute approximate surface area is 139 Å². The molecular weight excluding hydrogens is 280 g/mol. The second kappa shape index (κ2) is 7.28. The summed E-state index contributed by atoms with van der Waals surface area (Å²) in [5, 5.41) is 0. The zero-order chi connectivity index (χ0) is 17.0. The van der Waals surface area contributed by atoms with Gasteiger partial charge in [0.1, 0.15) is 5.84 Å². The van der Waals surface area contributed by atoms with Gasteiger partial charge in [-0.2, -0.15) is 0 Å². The molecule has 0 unspecified atom stereocenters. The summed E-state index contributed by atoms with van der Waals surface area (Å²) in [5.41, 5.74) is 11.3. The van der Waals surface area contributed by atoms with Crippen molar-refractivity contribution in [1.29, 1.82) is 0 Å². The van der Waals surface area contributed by atoms with Gasteiger partial charge in [-0.1, -0.05) is 82.8 Å². The number of benzene rings is 2. The van der Waals surface area contributed by atoms with Gasteiger partial charge in [-0.05, 0) is 28.5 Å². The van der Waals surface area contributed by atoms with Crippen LogP contribution in [-0.2, 0) is 0 Å². The van der Waals surface area contributed by atoms with Gasteiger partial charge in [0.25, 0.3) is 0 Å². The molecule has 2 N–H and O–H groups in total. The van der Waals surface area contributed by atoms with Gasteiger partial charge in [-0.25, -0.2) is 4.99 Å². The summed E-state index contributed by atoms with van der Waals surface area (Å²) in [6, 6.07) is 16.6. The summed E-state index contributed by atoms with van der Waals surface area (Å²) in [6.45, 7) is 12.8. The van der Waals surface area contributed by atoms with Gasteiger partial charge < -0.3 is 5.73 Å². The molecule has 0 spiro atoms. The molecule has 2 rings (SSSR count). The van der Waals surface area contributed by atoms with Crippen molar-refractivity contribution in [3.8, 4) is 0 Å². The maximum atomic E-state index is 6.13. The molecule has 0 saturated carbocycles. The number of amidine groups is 1. The van der Waals surface area contributed by atoms with E-state index in [9.17, 15) is 0 Å². The minimum absolute atomic E-state index is 0.498. The average Bonchev–Trinajstić information content (AvgIpc) is 2.54. The summed E-state index contributed by atoms with van der Waals surface area (Å²) in [7, 11) is 0. The Morgan fingerprint density at radius 1 is 0.783 bits per heavy atom. The first-order valence-electron chi connectivity index (χ1n) is 8.12. The summed E-state index contributed by atoms with van der Waals surface area (Å²) < 4.78 is 0. The number of nitrogens with zero attached hydrogens (tertiary/aromatic N) is 1. The lowest BCUT2D eigenvalue weighted by atomic mass is 10.0. The van der Waals surface area contributed by atoms with Crippen molar-refractivity contribution in [3.63, 3.8) is 0 Å². The van der Waals surface area contributed by atoms with Crippen LogP contribution in [0.15, 0.2) is 60.1 Å². The standard InChI is InChI=1S/C21H26N2/c1-14(2)17-6-10-19(11-7-17)16(5)23-21(22)20-12-8-18(9-13-20)15(3)4/h6-15H,5H2,1-4H3,(H2,22,23). The van der Waals surface area contributed by atoms with E-state index in [1.165, 1.54) is 11.1 Å². The predicted molar refractivity (Wildman–Crippen MR) is 101 cm³/mol. The predicted octanol–water partition coefficient (Wildman–Crippen LogP) is 5.31. The van der Waals surface area contributed by atoms with Crippen molar-refractivity contribution in [2.45, 2.75) is 39.5 Å². The van der Waals surface area contributed by atoms with Gasteiger partial charge in [0.15, 0.2) is 0 Å². The Bertz CT molecular complexity index is 690. The molecular formula is C21H26N2. The van der Waals surface area contributed by atoms with Crippen molar-refractivity contribution in [2.75, 3.05) is 0 Å². The molecule has 0 amide bonds. The van der Waals surface area contributed by atoms with Crippen molar-refractivity contribution in [3.05, 3.63) is 77.4 Å². The van der Waals surface area contributed by atoms with E-state index in [1.807, 2.05) is 12.1 Å². The highest BCUT2D eigenvalue weighted by atomic mass is 14.9. The van der Waals surface area contributed by atoms with Gasteiger partial charge in [0.2, 0.25) is 0 Å². The molecule has 0 atom stereocenters. The monoisotopic (exact) mass is 306 g/mol. The van der Waals surface area contributed by atoms with Crippen LogP contribution in [0.3, 0.4) is 0 Å². The molecule has 2 heteroatoms. The van der Waals surface area contributed by atoms with Crippen LogP contribution in [0, 0.1) is 0 Å². The fourth-order valence-electron chi connectivity index (χ4n) is 2.37. The lowest BCUT2D eigenvalue weighted by molar-refractivity contribution is 0.866. The van der Waals surface area contributed by atoms with Gasteiger partial charge in [-0.15, -0.1) is 0 Å². The molecule has 2 aromatic rings. The second-order valence-electron chi connectivity index (χ2n) is 6.50. The largest absolute Gasteiger partial charge is 0.383 e. The average molecular weight is 306 g/mol. The van der Waals surface area contributed by atoms with Gasteiger partial charge in [0.05, 0.1) is 5.70 Å². The highest BCUT2D eigenvalue weighted by molar-refractivity contribution is 6.00. The highest BCUT2D eigenvalue weighted by Gasteiger charge is 2.05. The third kappa shape index (κ3) is 4.32. The lowest BCUT2D eigenvalue weighted by Crippen LogP contribution is -2.13. The number of hydrogen-bond acceptors (Lipinski definition) is 1. The molecule has 2 aromatic carbocycles. The molecule has 120 valence electrons. The fraction of sp³-hybridized carbons (Fsp3) is 0.286. The molecule has 0 aliphatic heterocycles. The van der Waals surface area contributed by atoms with Crippen LogP contribution in [0.1, 0.15) is 61.8 Å². The minimum atomic E-state index is 0.498. The number of hydrogen-bond donors (Lipinski definition) is 1. The van der Waals surface area contributed by atoms with Crippen LogP contribution in [0.25, 0.3) is 5.70 Å². The van der Waals surface area contributed by atoms with Gasteiger partial charge in [0, 0.05) is 5.56 Å². The van der Waals surface area contributed by atoms with Crippen LogP contribution in [0.5, 0.6) is 0 Å². The molecule has 0 aliphatic rings. The summed E-state index contributed by atoms with van der Waals surface area (Å²) in [5.74, 6) is 1.53. The molecule has 23 heavy (non-hydrogen) atoms. The molecule has 0 saturated heterocycles. The normalized spacial score (nSPS) is 12.0. The molecule has 0 fully saturated rings. The van der Waals surface area contributed by atoms with E-state index in [0.29, 0.717) is 23.4 Å². The van der Waals surface area contributed by atoms with Crippen molar-refractivity contribution < 1.29 is 0 Å². The third-order valence-electron chi connectivity index (χ3n) is 4.04. The first kappa shape index (κ1) is 17.0. The van der Waals surface area contributed by atoms with Crippen LogP contribution >= 0.6 is 0 Å². The third-order valence-corrected chi connectivity index (χ3v) is 4.04. The Kier molecular flexibility index (Phi) is 5.38. The summed E-state index contributed by atoms with van der Waals surface area (Å²) in [4.78, 5) is 4.47. The summed E-state index contributed by atoms with van der Waals surface area (Å²) >= 11 is 0. The number of rotatable bonds is 5. The SMILES string of the molecule is C=C(/N=C(\N)c1ccc(C(C)C)cc1)c1ccc(C(C)C)cc1. The van der Waals surface area contributed by atoms with Crippen LogP contribution < -0.4 is 5.73 Å². The van der Waals surface area contributed by atoms with Crippen molar-refractivity contribution in [1.82, 2.24) is 0 Å². The zero-order valence-electron chi connectivity index (χ0n) is 14.5. The maximum absolute atomic E-state index is 6.13. The molecule has 0 aliphatic carbocycles. The quantitative estimate of drug-likeness (QED) is 0.590. The van der Waals surface area contributed by atoms with E-state index in [4.69, 9.17) is 5.73 Å². The minimum Gasteiger partial charge on any atom is -0.383 e. The van der Waals surface area contributed by atoms with Crippen LogP contribution in [0.4, 0.5) is 0 Å². The van der Waals surface area contributed by atoms with E-state index in [0.717, 1.165) is 11.1 Å². The Balaban J connectivity index is 2.17. The van der Waals surface area contributed by atoms with E-state index in [2.05, 4.69) is 75.7 Å². The highest BCUT2D eigenvalue weighted by Crippen LogP contribution is 2.20. The van der Waals surface area contributed by atoms with E-state index in [-0.39, 0.29) is 0 Å². The number of nitrogens with two attached hydrogens (primary N) is 1. The van der Waals surface area contributed by atoms with E-state index < -0.39 is 0 Å². The lowest BCUT2D eigenvalue weighted by Gasteiger charge is -2.09. The molecule has 0 heterocycles. The Morgan fingerprint density at radius 2 is 1.17 bits per heavy atom. The van der Waals surface area contributed by atoms with Crippen molar-refractivity contribution in [2.24, 2.45) is 10.7 Å². The zero-order valence-corrected chi connectivity index (χ0v) is 14.5. The van der Waals surface area contributed by atoms with Gasteiger partial charge in [-0.3, -0.25) is 0 Å². The maximum Gasteiger partial charge on any atom is 0.131 e. The van der Waals surface area contributed by atoms with Crippen LogP contribution in [0.2, 0.25) is 0 Å².